The van der Waals surface area contributed by atoms with Crippen molar-refractivity contribution in [2.24, 2.45) is 5.92 Å². The first-order chi connectivity index (χ1) is 13.9. The fourth-order valence-corrected chi connectivity index (χ4v) is 5.41. The van der Waals surface area contributed by atoms with Crippen LogP contribution < -0.4 is 5.32 Å². The Morgan fingerprint density at radius 1 is 1.24 bits per heavy atom. The molecule has 1 unspecified atom stereocenters. The molecule has 1 heterocycles. The van der Waals surface area contributed by atoms with Gasteiger partial charge in [0.15, 0.2) is 0 Å². The number of nitrogens with zero attached hydrogens (tertiary/aromatic N) is 1. The summed E-state index contributed by atoms with van der Waals surface area (Å²) in [6, 6.07) is 6.78. The van der Waals surface area contributed by atoms with E-state index in [1.807, 2.05) is 6.92 Å². The van der Waals surface area contributed by atoms with Crippen LogP contribution in [0, 0.1) is 5.92 Å². The quantitative estimate of drug-likeness (QED) is 0.456. The first-order valence-corrected chi connectivity index (χ1v) is 12.3. The number of fused-ring (bicyclic) bond motifs is 1. The summed E-state index contributed by atoms with van der Waals surface area (Å²) in [6.45, 7) is 6.43. The summed E-state index contributed by atoms with van der Waals surface area (Å²) in [5.74, 6) is 1.28. The molecule has 5 heteroatoms. The summed E-state index contributed by atoms with van der Waals surface area (Å²) in [5.41, 5.74) is 2.39. The molecule has 1 N–H and O–H groups in total. The van der Waals surface area contributed by atoms with Gasteiger partial charge in [0.2, 0.25) is 5.91 Å². The zero-order valence-electron chi connectivity index (χ0n) is 18.0. The Labute approximate surface area is 184 Å². The highest BCUT2D eigenvalue weighted by Crippen LogP contribution is 2.29. The number of carbonyl (C=O) groups excluding carboxylic acids is 1. The average molecular weight is 431 g/mol. The number of amides is 1. The zero-order valence-corrected chi connectivity index (χ0v) is 19.6. The molecule has 158 valence electrons. The normalized spacial score (nSPS) is 16.3. The third-order valence-corrected chi connectivity index (χ3v) is 7.34. The van der Waals surface area contributed by atoms with Crippen molar-refractivity contribution < 1.29 is 4.79 Å². The number of benzene rings is 1. The van der Waals surface area contributed by atoms with Gasteiger partial charge in [-0.3, -0.25) is 4.79 Å². The minimum absolute atomic E-state index is 0.157. The first kappa shape index (κ1) is 22.4. The Kier molecular flexibility index (Phi) is 8.19. The molecule has 0 spiro atoms. The van der Waals surface area contributed by atoms with E-state index in [0.29, 0.717) is 24.7 Å². The molecular weight excluding hydrogens is 396 g/mol. The largest absolute Gasteiger partial charge is 0.353 e. The lowest BCUT2D eigenvalue weighted by Crippen LogP contribution is -2.41. The SMILES string of the molecule is CC(=S)CCC(NC(=O)CCc1nc2ccc(C(C)C)cc2s1)C1CCCCC1. The van der Waals surface area contributed by atoms with Gasteiger partial charge >= 0.3 is 0 Å². The lowest BCUT2D eigenvalue weighted by molar-refractivity contribution is -0.122. The van der Waals surface area contributed by atoms with Crippen molar-refractivity contribution in [3.63, 3.8) is 0 Å². The van der Waals surface area contributed by atoms with Crippen molar-refractivity contribution in [1.29, 1.82) is 0 Å². The van der Waals surface area contributed by atoms with E-state index >= 15 is 0 Å². The van der Waals surface area contributed by atoms with Crippen LogP contribution in [0.15, 0.2) is 18.2 Å². The van der Waals surface area contributed by atoms with Crippen LogP contribution in [0.5, 0.6) is 0 Å². The van der Waals surface area contributed by atoms with Crippen LogP contribution in [-0.2, 0) is 11.2 Å². The number of thiocarbonyl (C=S) groups is 1. The molecule has 1 aromatic carbocycles. The van der Waals surface area contributed by atoms with Crippen molar-refractivity contribution >= 4 is 44.5 Å². The Morgan fingerprint density at radius 2 is 2.00 bits per heavy atom. The molecule has 1 aromatic heterocycles. The summed E-state index contributed by atoms with van der Waals surface area (Å²) in [6.07, 6.45) is 9.50. The molecule has 3 nitrogen and oxygen atoms in total. The van der Waals surface area contributed by atoms with E-state index in [0.717, 1.165) is 28.2 Å². The molecule has 29 heavy (non-hydrogen) atoms. The summed E-state index contributed by atoms with van der Waals surface area (Å²) in [4.78, 5) is 18.5. The third-order valence-electron chi connectivity index (χ3n) is 6.06. The van der Waals surface area contributed by atoms with E-state index in [4.69, 9.17) is 17.2 Å². The second-order valence-corrected chi connectivity index (χ2v) is 10.6. The van der Waals surface area contributed by atoms with E-state index in [2.05, 4.69) is 37.4 Å². The molecule has 0 saturated heterocycles. The highest BCUT2D eigenvalue weighted by atomic mass is 32.1. The number of carbonyl (C=O) groups is 1. The standard InChI is InChI=1S/C24H34N2OS2/c1-16(2)19-10-12-21-22(15-19)29-24(26-21)14-13-23(27)25-20(11-9-17(3)28)18-7-5-4-6-8-18/h10,12,15-16,18,20H,4-9,11,13-14H2,1-3H3,(H,25,27). The van der Waals surface area contributed by atoms with Gasteiger partial charge in [-0.2, -0.15) is 0 Å². The van der Waals surface area contributed by atoms with Crippen molar-refractivity contribution in [3.05, 3.63) is 28.8 Å². The van der Waals surface area contributed by atoms with Gasteiger partial charge in [-0.05, 0) is 67.0 Å². The smallest absolute Gasteiger partial charge is 0.220 e. The number of hydrogen-bond donors (Lipinski definition) is 1. The summed E-state index contributed by atoms with van der Waals surface area (Å²) in [7, 11) is 0. The van der Waals surface area contributed by atoms with Crippen molar-refractivity contribution in [1.82, 2.24) is 10.3 Å². The Hall–Kier alpha value is -1.33. The Balaban J connectivity index is 1.57. The number of nitrogens with one attached hydrogen (secondary N) is 1. The maximum Gasteiger partial charge on any atom is 0.220 e. The second-order valence-electron chi connectivity index (χ2n) is 8.80. The van der Waals surface area contributed by atoms with Crippen molar-refractivity contribution in [3.8, 4) is 0 Å². The molecule has 3 rings (SSSR count). The molecule has 1 amide bonds. The molecule has 1 aliphatic rings. The van der Waals surface area contributed by atoms with E-state index in [1.54, 1.807) is 11.3 Å². The lowest BCUT2D eigenvalue weighted by Gasteiger charge is -2.31. The van der Waals surface area contributed by atoms with E-state index in [1.165, 1.54) is 42.4 Å². The predicted octanol–water partition coefficient (Wildman–Crippen LogP) is 6.59. The van der Waals surface area contributed by atoms with Crippen LogP contribution in [0.1, 0.15) is 88.6 Å². The van der Waals surface area contributed by atoms with Crippen LogP contribution in [0.4, 0.5) is 0 Å². The maximum atomic E-state index is 12.7. The number of hydrogen-bond acceptors (Lipinski definition) is 4. The monoisotopic (exact) mass is 430 g/mol. The van der Waals surface area contributed by atoms with Crippen molar-refractivity contribution in [2.45, 2.75) is 90.5 Å². The average Bonchev–Trinajstić information content (AvgIpc) is 3.12. The molecule has 1 atom stereocenters. The van der Waals surface area contributed by atoms with Gasteiger partial charge in [-0.15, -0.1) is 11.3 Å². The minimum atomic E-state index is 0.157. The molecule has 0 radical (unpaired) electrons. The van der Waals surface area contributed by atoms with Gasteiger partial charge in [0.25, 0.3) is 0 Å². The number of aromatic nitrogens is 1. The van der Waals surface area contributed by atoms with Gasteiger partial charge in [0.05, 0.1) is 15.2 Å². The zero-order chi connectivity index (χ0) is 20.8. The Morgan fingerprint density at radius 3 is 2.69 bits per heavy atom. The van der Waals surface area contributed by atoms with Gasteiger partial charge in [-0.1, -0.05) is 51.4 Å². The summed E-state index contributed by atoms with van der Waals surface area (Å²) in [5, 5.41) is 4.40. The van der Waals surface area contributed by atoms with Gasteiger partial charge < -0.3 is 5.32 Å². The molecule has 2 aromatic rings. The molecule has 0 bridgehead atoms. The van der Waals surface area contributed by atoms with Crippen LogP contribution in [-0.4, -0.2) is 21.8 Å². The first-order valence-electron chi connectivity index (χ1n) is 11.1. The molecule has 1 aliphatic carbocycles. The maximum absolute atomic E-state index is 12.7. The van der Waals surface area contributed by atoms with E-state index in [9.17, 15) is 4.79 Å². The predicted molar refractivity (Wildman–Crippen MR) is 128 cm³/mol. The van der Waals surface area contributed by atoms with Crippen LogP contribution in [0.3, 0.4) is 0 Å². The van der Waals surface area contributed by atoms with E-state index in [-0.39, 0.29) is 11.9 Å². The molecular formula is C24H34N2OS2. The second kappa shape index (κ2) is 10.6. The lowest BCUT2D eigenvalue weighted by atomic mass is 9.82. The molecule has 0 aliphatic heterocycles. The van der Waals surface area contributed by atoms with Crippen LogP contribution in [0.25, 0.3) is 10.2 Å². The van der Waals surface area contributed by atoms with Gasteiger partial charge in [0.1, 0.15) is 0 Å². The number of aryl methyl sites for hydroxylation is 1. The molecule has 1 saturated carbocycles. The summed E-state index contributed by atoms with van der Waals surface area (Å²) >= 11 is 7.00. The topological polar surface area (TPSA) is 42.0 Å². The fraction of sp³-hybridized carbons (Fsp3) is 0.625. The minimum Gasteiger partial charge on any atom is -0.353 e. The number of rotatable bonds is 9. The van der Waals surface area contributed by atoms with Gasteiger partial charge in [-0.25, -0.2) is 4.98 Å². The van der Waals surface area contributed by atoms with Gasteiger partial charge in [0, 0.05) is 18.9 Å². The van der Waals surface area contributed by atoms with E-state index < -0.39 is 0 Å². The Bertz CT molecular complexity index is 837. The number of thiazole rings is 1. The van der Waals surface area contributed by atoms with Crippen LogP contribution in [0.2, 0.25) is 0 Å². The van der Waals surface area contributed by atoms with Crippen LogP contribution >= 0.6 is 23.6 Å². The highest BCUT2D eigenvalue weighted by molar-refractivity contribution is 7.80. The molecule has 1 fully saturated rings. The third kappa shape index (κ3) is 6.58. The highest BCUT2D eigenvalue weighted by Gasteiger charge is 2.25. The van der Waals surface area contributed by atoms with Crippen molar-refractivity contribution in [2.75, 3.05) is 0 Å². The summed E-state index contributed by atoms with van der Waals surface area (Å²) < 4.78 is 1.23. The fourth-order valence-electron chi connectivity index (χ4n) is 4.28.